The fourth-order valence-corrected chi connectivity index (χ4v) is 3.49. The van der Waals surface area contributed by atoms with E-state index in [1.165, 1.54) is 27.8 Å². The minimum absolute atomic E-state index is 0.508. The van der Waals surface area contributed by atoms with Crippen LogP contribution in [0.4, 0.5) is 0 Å². The first-order valence-corrected chi connectivity index (χ1v) is 7.40. The molecule has 0 radical (unpaired) electrons. The molecule has 106 valence electrons. The topological polar surface area (TPSA) is 18.5 Å². The van der Waals surface area contributed by atoms with Gasteiger partial charge >= 0.3 is 0 Å². The van der Waals surface area contributed by atoms with Gasteiger partial charge in [0.15, 0.2) is 0 Å². The second-order valence-corrected chi connectivity index (χ2v) is 5.66. The Kier molecular flexibility index (Phi) is 2.95. The van der Waals surface area contributed by atoms with Gasteiger partial charge in [-0.2, -0.15) is 0 Å². The van der Waals surface area contributed by atoms with E-state index < -0.39 is 5.60 Å². The molecule has 2 aromatic rings. The van der Waals surface area contributed by atoms with Gasteiger partial charge in [-0.3, -0.25) is 0 Å². The molecule has 0 aromatic heterocycles. The van der Waals surface area contributed by atoms with E-state index in [-0.39, 0.29) is 0 Å². The zero-order valence-corrected chi connectivity index (χ0v) is 12.0. The highest BCUT2D eigenvalue weighted by Crippen LogP contribution is 2.43. The summed E-state index contributed by atoms with van der Waals surface area (Å²) in [5.41, 5.74) is 6.08. The van der Waals surface area contributed by atoms with Crippen LogP contribution in [-0.4, -0.2) is 19.8 Å². The molecule has 1 unspecified atom stereocenters. The van der Waals surface area contributed by atoms with Crippen molar-refractivity contribution in [3.63, 3.8) is 0 Å². The SMILES string of the molecule is C=CC1(c2cccc3c2Cc2ccccc2-3)COCCO1. The summed E-state index contributed by atoms with van der Waals surface area (Å²) in [4.78, 5) is 0. The van der Waals surface area contributed by atoms with Gasteiger partial charge in [0, 0.05) is 0 Å². The van der Waals surface area contributed by atoms with Crippen molar-refractivity contribution in [1.29, 1.82) is 0 Å². The molecule has 0 spiro atoms. The second kappa shape index (κ2) is 4.83. The highest BCUT2D eigenvalue weighted by atomic mass is 16.6. The summed E-state index contributed by atoms with van der Waals surface area (Å²) in [7, 11) is 0. The highest BCUT2D eigenvalue weighted by Gasteiger charge is 2.37. The normalized spacial score (nSPS) is 23.4. The van der Waals surface area contributed by atoms with E-state index in [0.717, 1.165) is 6.42 Å². The number of ether oxygens (including phenoxy) is 2. The zero-order chi connectivity index (χ0) is 14.3. The summed E-state index contributed by atoms with van der Waals surface area (Å²) in [6, 6.07) is 15.1. The van der Waals surface area contributed by atoms with Crippen LogP contribution in [0.3, 0.4) is 0 Å². The van der Waals surface area contributed by atoms with Gasteiger partial charge in [-0.1, -0.05) is 55.1 Å². The average Bonchev–Trinajstić information content (AvgIpc) is 2.94. The Bertz CT molecular complexity index is 696. The lowest BCUT2D eigenvalue weighted by atomic mass is 9.87. The number of hydrogen-bond donors (Lipinski definition) is 0. The molecule has 2 heteroatoms. The molecule has 0 amide bonds. The third-order valence-corrected chi connectivity index (χ3v) is 4.54. The van der Waals surface area contributed by atoms with Gasteiger partial charge in [0.1, 0.15) is 5.60 Å². The Morgan fingerprint density at radius 2 is 1.86 bits per heavy atom. The van der Waals surface area contributed by atoms with E-state index in [2.05, 4.69) is 49.0 Å². The monoisotopic (exact) mass is 278 g/mol. The molecule has 2 aromatic carbocycles. The Morgan fingerprint density at radius 1 is 1.00 bits per heavy atom. The van der Waals surface area contributed by atoms with Crippen LogP contribution in [0, 0.1) is 0 Å². The Balaban J connectivity index is 1.88. The molecular weight excluding hydrogens is 260 g/mol. The molecule has 1 fully saturated rings. The van der Waals surface area contributed by atoms with Crippen molar-refractivity contribution in [3.8, 4) is 11.1 Å². The summed E-state index contributed by atoms with van der Waals surface area (Å²) >= 11 is 0. The molecular formula is C19H18O2. The van der Waals surface area contributed by atoms with Crippen LogP contribution in [0.15, 0.2) is 55.1 Å². The summed E-state index contributed by atoms with van der Waals surface area (Å²) in [6.07, 6.45) is 2.85. The average molecular weight is 278 g/mol. The van der Waals surface area contributed by atoms with Gasteiger partial charge in [0.2, 0.25) is 0 Å². The lowest BCUT2D eigenvalue weighted by Crippen LogP contribution is -2.39. The van der Waals surface area contributed by atoms with E-state index in [1.54, 1.807) is 0 Å². The number of benzene rings is 2. The fourth-order valence-electron chi connectivity index (χ4n) is 3.49. The molecule has 1 heterocycles. The van der Waals surface area contributed by atoms with Crippen LogP contribution in [0.25, 0.3) is 11.1 Å². The molecule has 2 nitrogen and oxygen atoms in total. The third kappa shape index (κ3) is 1.87. The van der Waals surface area contributed by atoms with Crippen LogP contribution in [0.2, 0.25) is 0 Å². The van der Waals surface area contributed by atoms with Gasteiger partial charge < -0.3 is 9.47 Å². The van der Waals surface area contributed by atoms with E-state index in [0.29, 0.717) is 19.8 Å². The summed E-state index contributed by atoms with van der Waals surface area (Å²) < 4.78 is 11.8. The fraction of sp³-hybridized carbons (Fsp3) is 0.263. The molecule has 4 rings (SSSR count). The van der Waals surface area contributed by atoms with Gasteiger partial charge in [-0.05, 0) is 34.2 Å². The maximum absolute atomic E-state index is 6.08. The molecule has 1 atom stereocenters. The highest BCUT2D eigenvalue weighted by molar-refractivity contribution is 5.78. The van der Waals surface area contributed by atoms with Crippen molar-refractivity contribution in [3.05, 3.63) is 71.8 Å². The van der Waals surface area contributed by atoms with Crippen LogP contribution in [0.5, 0.6) is 0 Å². The number of hydrogen-bond acceptors (Lipinski definition) is 2. The zero-order valence-electron chi connectivity index (χ0n) is 12.0. The van der Waals surface area contributed by atoms with E-state index in [1.807, 2.05) is 6.08 Å². The van der Waals surface area contributed by atoms with Crippen LogP contribution in [-0.2, 0) is 21.5 Å². The standard InChI is InChI=1S/C19H18O2/c1-2-19(13-20-10-11-21-19)18-9-5-8-16-15-7-4-3-6-14(15)12-17(16)18/h2-9H,1,10-13H2. The molecule has 2 aliphatic rings. The molecule has 0 bridgehead atoms. The Hall–Kier alpha value is -1.90. The van der Waals surface area contributed by atoms with Gasteiger partial charge in [0.05, 0.1) is 19.8 Å². The quantitative estimate of drug-likeness (QED) is 0.666. The van der Waals surface area contributed by atoms with Crippen molar-refractivity contribution in [2.75, 3.05) is 19.8 Å². The number of rotatable bonds is 2. The van der Waals surface area contributed by atoms with Crippen molar-refractivity contribution < 1.29 is 9.47 Å². The predicted octanol–water partition coefficient (Wildman–Crippen LogP) is 3.69. The molecule has 0 saturated carbocycles. The smallest absolute Gasteiger partial charge is 0.135 e. The van der Waals surface area contributed by atoms with E-state index in [4.69, 9.17) is 9.47 Å². The van der Waals surface area contributed by atoms with E-state index >= 15 is 0 Å². The largest absolute Gasteiger partial charge is 0.375 e. The Morgan fingerprint density at radius 3 is 2.67 bits per heavy atom. The maximum atomic E-state index is 6.08. The summed E-state index contributed by atoms with van der Waals surface area (Å²) in [5.74, 6) is 0. The Labute approximate surface area is 125 Å². The molecule has 21 heavy (non-hydrogen) atoms. The lowest BCUT2D eigenvalue weighted by molar-refractivity contribution is -0.136. The second-order valence-electron chi connectivity index (χ2n) is 5.66. The van der Waals surface area contributed by atoms with Gasteiger partial charge in [-0.15, -0.1) is 0 Å². The van der Waals surface area contributed by atoms with Gasteiger partial charge in [-0.25, -0.2) is 0 Å². The third-order valence-electron chi connectivity index (χ3n) is 4.54. The first kappa shape index (κ1) is 12.8. The van der Waals surface area contributed by atoms with Crippen LogP contribution < -0.4 is 0 Å². The molecule has 1 aliphatic heterocycles. The minimum atomic E-state index is -0.508. The van der Waals surface area contributed by atoms with Gasteiger partial charge in [0.25, 0.3) is 0 Å². The van der Waals surface area contributed by atoms with Crippen LogP contribution >= 0.6 is 0 Å². The predicted molar refractivity (Wildman–Crippen MR) is 83.3 cm³/mol. The van der Waals surface area contributed by atoms with Crippen molar-refractivity contribution in [2.45, 2.75) is 12.0 Å². The first-order chi connectivity index (χ1) is 10.3. The molecule has 1 aliphatic carbocycles. The maximum Gasteiger partial charge on any atom is 0.135 e. The summed E-state index contributed by atoms with van der Waals surface area (Å²) in [5, 5.41) is 0. The van der Waals surface area contributed by atoms with E-state index in [9.17, 15) is 0 Å². The first-order valence-electron chi connectivity index (χ1n) is 7.40. The van der Waals surface area contributed by atoms with Crippen LogP contribution in [0.1, 0.15) is 16.7 Å². The van der Waals surface area contributed by atoms with Crippen molar-refractivity contribution in [2.24, 2.45) is 0 Å². The molecule has 0 N–H and O–H groups in total. The lowest BCUT2D eigenvalue weighted by Gasteiger charge is -2.36. The molecule has 1 saturated heterocycles. The number of fused-ring (bicyclic) bond motifs is 3. The van der Waals surface area contributed by atoms with Crippen molar-refractivity contribution >= 4 is 0 Å². The minimum Gasteiger partial charge on any atom is -0.375 e. The summed E-state index contributed by atoms with van der Waals surface area (Å²) in [6.45, 7) is 5.82. The van der Waals surface area contributed by atoms with Crippen molar-refractivity contribution in [1.82, 2.24) is 0 Å².